The number of carbonyl (C=O) groups excluding carboxylic acids is 3. The van der Waals surface area contributed by atoms with Gasteiger partial charge in [-0.3, -0.25) is 14.9 Å². The molecule has 33 heavy (non-hydrogen) atoms. The van der Waals surface area contributed by atoms with E-state index in [1.165, 1.54) is 6.08 Å². The molecule has 0 spiro atoms. The van der Waals surface area contributed by atoms with E-state index in [0.717, 1.165) is 10.5 Å². The Balaban J connectivity index is 1.60. The minimum absolute atomic E-state index is 0.168. The number of hydrogen-bond acceptors (Lipinski definition) is 4. The number of urea groups is 1. The summed E-state index contributed by atoms with van der Waals surface area (Å²) in [5.41, 5.74) is 2.32. The fraction of sp³-hybridized carbons (Fsp3) is 0.0800. The highest BCUT2D eigenvalue weighted by molar-refractivity contribution is 9.10. The van der Waals surface area contributed by atoms with Crippen LogP contribution >= 0.6 is 27.5 Å². The minimum Gasteiger partial charge on any atom is -0.488 e. The summed E-state index contributed by atoms with van der Waals surface area (Å²) in [5, 5.41) is 2.63. The molecule has 0 atom stereocenters. The first-order chi connectivity index (χ1) is 15.8. The molecule has 1 aliphatic rings. The zero-order chi connectivity index (χ0) is 23.5. The van der Waals surface area contributed by atoms with Crippen LogP contribution in [0.2, 0.25) is 5.02 Å². The van der Waals surface area contributed by atoms with E-state index in [1.54, 1.807) is 43.3 Å². The highest BCUT2D eigenvalue weighted by Gasteiger charge is 2.37. The van der Waals surface area contributed by atoms with Gasteiger partial charge < -0.3 is 4.74 Å². The first-order valence-electron chi connectivity index (χ1n) is 9.98. The summed E-state index contributed by atoms with van der Waals surface area (Å²) in [7, 11) is 0. The maximum Gasteiger partial charge on any atom is 0.335 e. The van der Waals surface area contributed by atoms with Gasteiger partial charge >= 0.3 is 6.03 Å². The summed E-state index contributed by atoms with van der Waals surface area (Å²) in [6.07, 6.45) is 1.43. The molecule has 1 fully saturated rings. The number of rotatable bonds is 5. The second-order valence-corrected chi connectivity index (χ2v) is 8.57. The van der Waals surface area contributed by atoms with Crippen molar-refractivity contribution in [1.82, 2.24) is 5.32 Å². The van der Waals surface area contributed by atoms with Crippen molar-refractivity contribution < 1.29 is 19.1 Å². The van der Waals surface area contributed by atoms with E-state index in [4.69, 9.17) is 16.3 Å². The molecular formula is C25H18BrClN2O4. The summed E-state index contributed by atoms with van der Waals surface area (Å²) in [4.78, 5) is 38.9. The van der Waals surface area contributed by atoms with Crippen LogP contribution in [0.1, 0.15) is 16.7 Å². The van der Waals surface area contributed by atoms with Gasteiger partial charge in [0.05, 0.1) is 10.2 Å². The van der Waals surface area contributed by atoms with Gasteiger partial charge in [-0.05, 0) is 69.9 Å². The van der Waals surface area contributed by atoms with E-state index >= 15 is 0 Å². The van der Waals surface area contributed by atoms with E-state index in [1.807, 2.05) is 30.3 Å². The van der Waals surface area contributed by atoms with Gasteiger partial charge in [0.2, 0.25) is 0 Å². The molecule has 8 heteroatoms. The topological polar surface area (TPSA) is 75.7 Å². The van der Waals surface area contributed by atoms with Gasteiger partial charge in [0, 0.05) is 5.02 Å². The third kappa shape index (κ3) is 4.84. The minimum atomic E-state index is -0.821. The molecule has 0 aromatic heterocycles. The van der Waals surface area contributed by atoms with Crippen molar-refractivity contribution >= 4 is 57.1 Å². The molecule has 6 nitrogen and oxygen atoms in total. The first-order valence-corrected chi connectivity index (χ1v) is 11.1. The van der Waals surface area contributed by atoms with Crippen LogP contribution in [0.5, 0.6) is 5.75 Å². The van der Waals surface area contributed by atoms with E-state index in [0.29, 0.717) is 38.7 Å². The van der Waals surface area contributed by atoms with Crippen molar-refractivity contribution in [1.29, 1.82) is 0 Å². The Morgan fingerprint density at radius 1 is 1.03 bits per heavy atom. The molecule has 1 heterocycles. The Bertz CT molecular complexity index is 1290. The normalized spacial score (nSPS) is 15.1. The number of carbonyl (C=O) groups is 3. The second-order valence-electron chi connectivity index (χ2n) is 7.31. The number of imide groups is 2. The quantitative estimate of drug-likeness (QED) is 0.345. The predicted octanol–water partition coefficient (Wildman–Crippen LogP) is 5.66. The molecule has 0 aliphatic carbocycles. The molecule has 166 valence electrons. The zero-order valence-electron chi connectivity index (χ0n) is 17.5. The number of nitrogens with zero attached hydrogens (tertiary/aromatic N) is 1. The Kier molecular flexibility index (Phi) is 6.62. The number of hydrogen-bond donors (Lipinski definition) is 1. The third-order valence-corrected chi connectivity index (χ3v) is 6.11. The lowest BCUT2D eigenvalue weighted by Gasteiger charge is -2.27. The summed E-state index contributed by atoms with van der Waals surface area (Å²) in [6.45, 7) is 2.10. The summed E-state index contributed by atoms with van der Waals surface area (Å²) >= 11 is 9.62. The number of amides is 4. The fourth-order valence-electron chi connectivity index (χ4n) is 3.34. The molecule has 1 saturated heterocycles. The van der Waals surface area contributed by atoms with Gasteiger partial charge in [0.15, 0.2) is 0 Å². The molecule has 1 N–H and O–H groups in total. The van der Waals surface area contributed by atoms with E-state index in [9.17, 15) is 14.4 Å². The van der Waals surface area contributed by atoms with Gasteiger partial charge in [-0.15, -0.1) is 0 Å². The van der Waals surface area contributed by atoms with E-state index < -0.39 is 17.8 Å². The van der Waals surface area contributed by atoms with Crippen LogP contribution in [0.25, 0.3) is 6.08 Å². The molecule has 0 saturated carbocycles. The van der Waals surface area contributed by atoms with Crippen LogP contribution in [0.15, 0.2) is 76.8 Å². The van der Waals surface area contributed by atoms with Crippen LogP contribution in [0.3, 0.4) is 0 Å². The van der Waals surface area contributed by atoms with Crippen LogP contribution in [-0.4, -0.2) is 17.8 Å². The van der Waals surface area contributed by atoms with Crippen LogP contribution in [0.4, 0.5) is 10.5 Å². The van der Waals surface area contributed by atoms with Crippen LogP contribution in [0, 0.1) is 6.92 Å². The van der Waals surface area contributed by atoms with Crippen LogP contribution in [-0.2, 0) is 16.2 Å². The zero-order valence-corrected chi connectivity index (χ0v) is 19.8. The Morgan fingerprint density at radius 2 is 1.79 bits per heavy atom. The lowest BCUT2D eigenvalue weighted by molar-refractivity contribution is -0.122. The Hall–Kier alpha value is -3.42. The molecule has 0 unspecified atom stereocenters. The van der Waals surface area contributed by atoms with E-state index in [2.05, 4.69) is 21.2 Å². The second kappa shape index (κ2) is 9.60. The van der Waals surface area contributed by atoms with Gasteiger partial charge in [-0.1, -0.05) is 54.1 Å². The maximum absolute atomic E-state index is 13.1. The number of anilines is 1. The largest absolute Gasteiger partial charge is 0.488 e. The molecular weight excluding hydrogens is 508 g/mol. The third-order valence-electron chi connectivity index (χ3n) is 5.09. The number of nitrogens with one attached hydrogen (secondary N) is 1. The number of ether oxygens (including phenoxy) is 1. The summed E-state index contributed by atoms with van der Waals surface area (Å²) < 4.78 is 6.51. The van der Waals surface area contributed by atoms with Crippen molar-refractivity contribution in [2.75, 3.05) is 4.90 Å². The predicted molar refractivity (Wildman–Crippen MR) is 130 cm³/mol. The van der Waals surface area contributed by atoms with Gasteiger partial charge in [0.1, 0.15) is 17.9 Å². The lowest BCUT2D eigenvalue weighted by atomic mass is 10.1. The maximum atomic E-state index is 13.1. The molecule has 0 bridgehead atoms. The highest BCUT2D eigenvalue weighted by atomic mass is 79.9. The number of barbiturate groups is 1. The van der Waals surface area contributed by atoms with Gasteiger partial charge in [0.25, 0.3) is 11.8 Å². The number of benzene rings is 3. The van der Waals surface area contributed by atoms with Gasteiger partial charge in [-0.25, -0.2) is 9.69 Å². The van der Waals surface area contributed by atoms with Gasteiger partial charge in [-0.2, -0.15) is 0 Å². The average molecular weight is 526 g/mol. The molecule has 3 aromatic carbocycles. The monoisotopic (exact) mass is 524 g/mol. The van der Waals surface area contributed by atoms with Crippen molar-refractivity contribution in [3.8, 4) is 5.75 Å². The average Bonchev–Trinajstić information content (AvgIpc) is 2.79. The first kappa shape index (κ1) is 22.8. The SMILES string of the molecule is Cc1c(Cl)cccc1N1C(=O)NC(=O)/C(=C\c2ccc(OCc3ccccc3)c(Br)c2)C1=O. The van der Waals surface area contributed by atoms with Crippen molar-refractivity contribution in [3.63, 3.8) is 0 Å². The van der Waals surface area contributed by atoms with Crippen molar-refractivity contribution in [2.24, 2.45) is 0 Å². The van der Waals surface area contributed by atoms with Crippen molar-refractivity contribution in [2.45, 2.75) is 13.5 Å². The molecule has 3 aromatic rings. The summed E-state index contributed by atoms with van der Waals surface area (Å²) in [6, 6.07) is 19.0. The highest BCUT2D eigenvalue weighted by Crippen LogP contribution is 2.31. The standard InChI is InChI=1S/C25H18BrClN2O4/c1-15-20(27)8-5-9-21(15)29-24(31)18(23(30)28-25(29)32)12-17-10-11-22(19(26)13-17)33-14-16-6-3-2-4-7-16/h2-13H,14H2,1H3,(H,28,30,32)/b18-12+. The Morgan fingerprint density at radius 3 is 2.52 bits per heavy atom. The van der Waals surface area contributed by atoms with Crippen LogP contribution < -0.4 is 15.0 Å². The summed E-state index contributed by atoms with van der Waals surface area (Å²) in [5.74, 6) is -0.872. The van der Waals surface area contributed by atoms with Crippen molar-refractivity contribution in [3.05, 3.63) is 98.5 Å². The molecule has 0 radical (unpaired) electrons. The fourth-order valence-corrected chi connectivity index (χ4v) is 4.02. The van der Waals surface area contributed by atoms with E-state index in [-0.39, 0.29) is 5.57 Å². The molecule has 4 amide bonds. The molecule has 1 aliphatic heterocycles. The molecule has 4 rings (SSSR count). The Labute approximate surface area is 203 Å². The number of halogens is 2. The smallest absolute Gasteiger partial charge is 0.335 e. The lowest BCUT2D eigenvalue weighted by Crippen LogP contribution is -2.54.